The summed E-state index contributed by atoms with van der Waals surface area (Å²) in [5, 5.41) is 5.53. The van der Waals surface area contributed by atoms with Gasteiger partial charge in [0.05, 0.1) is 16.8 Å². The summed E-state index contributed by atoms with van der Waals surface area (Å²) in [5.74, 6) is 0.0426. The van der Waals surface area contributed by atoms with Crippen LogP contribution >= 0.6 is 0 Å². The van der Waals surface area contributed by atoms with Gasteiger partial charge in [-0.2, -0.15) is 0 Å². The number of carbonyl (C=O) groups excluding carboxylic acids is 1. The Morgan fingerprint density at radius 1 is 1.07 bits per heavy atom. The lowest BCUT2D eigenvalue weighted by Crippen LogP contribution is -2.35. The summed E-state index contributed by atoms with van der Waals surface area (Å²) in [6.45, 7) is 0.659. The molecule has 5 rings (SSSR count). The maximum absolute atomic E-state index is 13.3. The van der Waals surface area contributed by atoms with Gasteiger partial charge in [0.15, 0.2) is 0 Å². The third-order valence-corrected chi connectivity index (χ3v) is 6.52. The minimum Gasteiger partial charge on any atom is -0.312 e. The first-order valence-corrected chi connectivity index (χ1v) is 10.8. The monoisotopic (exact) mass is 404 g/mol. The number of anilines is 1. The second-order valence-corrected chi connectivity index (χ2v) is 8.57. The van der Waals surface area contributed by atoms with Crippen molar-refractivity contribution >= 4 is 22.6 Å². The molecular weight excluding hydrogens is 384 g/mol. The van der Waals surface area contributed by atoms with Gasteiger partial charge in [0.1, 0.15) is 11.0 Å². The van der Waals surface area contributed by atoms with E-state index in [1.807, 2.05) is 17.0 Å². The van der Waals surface area contributed by atoms with Crippen molar-refractivity contribution in [2.24, 2.45) is 11.1 Å². The quantitative estimate of drug-likeness (QED) is 0.726. The van der Waals surface area contributed by atoms with Crippen LogP contribution in [0.15, 0.2) is 59.9 Å². The van der Waals surface area contributed by atoms with E-state index in [4.69, 9.17) is 5.14 Å². The molecule has 1 aliphatic carbocycles. The lowest BCUT2D eigenvalue weighted by molar-refractivity contribution is -0.122. The molecule has 0 saturated carbocycles. The highest BCUT2D eigenvalue weighted by molar-refractivity contribution is 7.82. The van der Waals surface area contributed by atoms with E-state index in [2.05, 4.69) is 22.1 Å². The van der Waals surface area contributed by atoms with Gasteiger partial charge in [0.25, 0.3) is 0 Å². The zero-order valence-electron chi connectivity index (χ0n) is 15.7. The molecule has 0 spiro atoms. The summed E-state index contributed by atoms with van der Waals surface area (Å²) >= 11 is 0. The fourth-order valence-corrected chi connectivity index (χ4v) is 4.76. The molecule has 2 heterocycles. The van der Waals surface area contributed by atoms with Crippen LogP contribution in [0.4, 0.5) is 5.69 Å². The molecular formula is C22H20N4O2S. The van der Waals surface area contributed by atoms with E-state index >= 15 is 0 Å². The first kappa shape index (κ1) is 18.1. The van der Waals surface area contributed by atoms with Crippen molar-refractivity contribution in [3.05, 3.63) is 71.7 Å². The molecule has 29 heavy (non-hydrogen) atoms. The minimum absolute atomic E-state index is 0.0833. The molecule has 6 nitrogen and oxygen atoms in total. The van der Waals surface area contributed by atoms with Gasteiger partial charge in [-0.25, -0.2) is 9.35 Å². The minimum atomic E-state index is -1.55. The highest BCUT2D eigenvalue weighted by Crippen LogP contribution is 2.35. The molecule has 1 aliphatic heterocycles. The zero-order valence-corrected chi connectivity index (χ0v) is 16.6. The zero-order chi connectivity index (χ0) is 20.0. The van der Waals surface area contributed by atoms with Crippen LogP contribution in [0.1, 0.15) is 16.7 Å². The van der Waals surface area contributed by atoms with Crippen molar-refractivity contribution in [1.82, 2.24) is 9.97 Å². The molecule has 146 valence electrons. The number of rotatable bonds is 3. The maximum atomic E-state index is 13.3. The van der Waals surface area contributed by atoms with Crippen molar-refractivity contribution in [1.29, 1.82) is 0 Å². The van der Waals surface area contributed by atoms with Crippen LogP contribution in [0.2, 0.25) is 0 Å². The number of aromatic nitrogens is 2. The third-order valence-electron chi connectivity index (χ3n) is 5.80. The number of benzene rings is 2. The summed E-state index contributed by atoms with van der Waals surface area (Å²) in [4.78, 5) is 24.2. The van der Waals surface area contributed by atoms with Gasteiger partial charge in [-0.05, 0) is 54.2 Å². The van der Waals surface area contributed by atoms with E-state index in [1.54, 1.807) is 30.7 Å². The molecule has 0 fully saturated rings. The predicted molar refractivity (Wildman–Crippen MR) is 111 cm³/mol. The van der Waals surface area contributed by atoms with Crippen LogP contribution in [-0.4, -0.2) is 26.6 Å². The highest BCUT2D eigenvalue weighted by Gasteiger charge is 2.34. The standard InChI is InChI=1S/C22H20N4O2S/c23-29(28)19-4-3-14-5-8-26(21(14)12-19)22(27)18-9-15-1-2-16(10-17(15)11-18)20-13-24-6-7-25-20/h1-4,6-7,10,12-13,18H,5,8-9,11,23H2. The number of nitrogens with zero attached hydrogens (tertiary/aromatic N) is 3. The normalized spacial score (nSPS) is 18.4. The number of hydrogen-bond donors (Lipinski definition) is 1. The molecule has 2 aromatic carbocycles. The van der Waals surface area contributed by atoms with Crippen LogP contribution < -0.4 is 10.0 Å². The molecule has 2 aliphatic rings. The van der Waals surface area contributed by atoms with Gasteiger partial charge in [0.2, 0.25) is 5.91 Å². The Labute approximate surface area is 171 Å². The van der Waals surface area contributed by atoms with Crippen LogP contribution in [-0.2, 0) is 35.0 Å². The van der Waals surface area contributed by atoms with Gasteiger partial charge in [-0.1, -0.05) is 18.2 Å². The number of fused-ring (bicyclic) bond motifs is 2. The van der Waals surface area contributed by atoms with Crippen LogP contribution in [0.5, 0.6) is 0 Å². The maximum Gasteiger partial charge on any atom is 0.230 e. The third kappa shape index (κ3) is 3.26. The molecule has 2 N–H and O–H groups in total. The summed E-state index contributed by atoms with van der Waals surface area (Å²) < 4.78 is 11.7. The van der Waals surface area contributed by atoms with Gasteiger partial charge in [0, 0.05) is 36.1 Å². The second-order valence-electron chi connectivity index (χ2n) is 7.51. The number of hydrogen-bond acceptors (Lipinski definition) is 4. The molecule has 1 amide bonds. The Morgan fingerprint density at radius 2 is 1.90 bits per heavy atom. The number of amides is 1. The predicted octanol–water partition coefficient (Wildman–Crippen LogP) is 2.43. The van der Waals surface area contributed by atoms with Crippen molar-refractivity contribution < 1.29 is 9.00 Å². The molecule has 0 bridgehead atoms. The summed E-state index contributed by atoms with van der Waals surface area (Å²) in [5.41, 5.74) is 6.22. The lowest BCUT2D eigenvalue weighted by atomic mass is 10.0. The molecule has 2 unspecified atom stereocenters. The summed E-state index contributed by atoms with van der Waals surface area (Å²) in [6.07, 6.45) is 7.36. The van der Waals surface area contributed by atoms with E-state index in [1.165, 1.54) is 11.1 Å². The molecule has 0 radical (unpaired) electrons. The Bertz CT molecular complexity index is 1130. The lowest BCUT2D eigenvalue weighted by Gasteiger charge is -2.21. The Morgan fingerprint density at radius 3 is 2.69 bits per heavy atom. The smallest absolute Gasteiger partial charge is 0.230 e. The number of carbonyl (C=O) groups is 1. The van der Waals surface area contributed by atoms with Crippen molar-refractivity contribution in [2.45, 2.75) is 24.2 Å². The molecule has 3 aromatic rings. The fourth-order valence-electron chi connectivity index (χ4n) is 4.33. The average Bonchev–Trinajstić information content (AvgIpc) is 3.37. The van der Waals surface area contributed by atoms with Gasteiger partial charge in [-0.15, -0.1) is 0 Å². The van der Waals surface area contributed by atoms with E-state index in [0.717, 1.165) is 41.8 Å². The van der Waals surface area contributed by atoms with E-state index < -0.39 is 11.0 Å². The van der Waals surface area contributed by atoms with E-state index in [0.29, 0.717) is 11.4 Å². The second kappa shape index (κ2) is 7.17. The Kier molecular flexibility index (Phi) is 4.49. The van der Waals surface area contributed by atoms with Crippen molar-refractivity contribution in [2.75, 3.05) is 11.4 Å². The molecule has 1 aromatic heterocycles. The Hall–Kier alpha value is -2.90. The Balaban J connectivity index is 1.39. The average molecular weight is 404 g/mol. The van der Waals surface area contributed by atoms with Gasteiger partial charge in [-0.3, -0.25) is 14.8 Å². The van der Waals surface area contributed by atoms with E-state index in [-0.39, 0.29) is 11.8 Å². The highest BCUT2D eigenvalue weighted by atomic mass is 32.2. The van der Waals surface area contributed by atoms with Gasteiger partial charge < -0.3 is 4.90 Å². The largest absolute Gasteiger partial charge is 0.312 e. The SMILES string of the molecule is NS(=O)c1ccc2c(c1)N(C(=O)C1Cc3ccc(-c4cnccn4)cc3C1)CC2. The molecule has 2 atom stereocenters. The summed E-state index contributed by atoms with van der Waals surface area (Å²) in [7, 11) is -1.55. The van der Waals surface area contributed by atoms with Gasteiger partial charge >= 0.3 is 0 Å². The van der Waals surface area contributed by atoms with Crippen molar-refractivity contribution in [3.63, 3.8) is 0 Å². The first-order valence-electron chi connectivity index (χ1n) is 9.59. The van der Waals surface area contributed by atoms with Crippen molar-refractivity contribution in [3.8, 4) is 11.3 Å². The molecule has 7 heteroatoms. The first-order chi connectivity index (χ1) is 14.1. The topological polar surface area (TPSA) is 89.2 Å². The molecule has 0 saturated heterocycles. The van der Waals surface area contributed by atoms with Crippen LogP contribution in [0.3, 0.4) is 0 Å². The van der Waals surface area contributed by atoms with E-state index in [9.17, 15) is 9.00 Å². The summed E-state index contributed by atoms with van der Waals surface area (Å²) in [6, 6.07) is 11.8. The van der Waals surface area contributed by atoms with Crippen LogP contribution in [0, 0.1) is 5.92 Å². The van der Waals surface area contributed by atoms with Crippen LogP contribution in [0.25, 0.3) is 11.3 Å². The number of nitrogens with two attached hydrogens (primary N) is 1. The fraction of sp³-hybridized carbons (Fsp3) is 0.227.